The number of aromatic nitrogens is 4. The lowest BCUT2D eigenvalue weighted by Crippen LogP contribution is -2.14. The number of nitrogens with zero attached hydrogens (tertiary/aromatic N) is 4. The first-order valence-electron chi connectivity index (χ1n) is 7.68. The molecule has 0 bridgehead atoms. The van der Waals surface area contributed by atoms with Crippen molar-refractivity contribution >= 4 is 11.4 Å². The van der Waals surface area contributed by atoms with Gasteiger partial charge in [-0.15, -0.1) is 5.10 Å². The van der Waals surface area contributed by atoms with Crippen LogP contribution in [0.5, 0.6) is 0 Å². The van der Waals surface area contributed by atoms with E-state index in [0.717, 1.165) is 24.2 Å². The predicted molar refractivity (Wildman–Crippen MR) is 83.4 cm³/mol. The number of anilines is 2. The molecule has 1 aliphatic carbocycles. The van der Waals surface area contributed by atoms with Crippen LogP contribution in [0.15, 0.2) is 18.2 Å². The van der Waals surface area contributed by atoms with E-state index in [4.69, 9.17) is 11.5 Å². The van der Waals surface area contributed by atoms with E-state index in [9.17, 15) is 0 Å². The van der Waals surface area contributed by atoms with E-state index in [1.807, 2.05) is 16.8 Å². The number of tetrazole rings is 1. The molecule has 6 heteroatoms. The molecule has 21 heavy (non-hydrogen) atoms. The summed E-state index contributed by atoms with van der Waals surface area (Å²) in [6.45, 7) is 0. The highest BCUT2D eigenvalue weighted by molar-refractivity contribution is 5.67. The third kappa shape index (κ3) is 3.15. The molecule has 0 saturated heterocycles. The molecule has 3 rings (SSSR count). The molecule has 1 heterocycles. The molecule has 1 aromatic heterocycles. The normalized spacial score (nSPS) is 17.3. The van der Waals surface area contributed by atoms with Gasteiger partial charge in [0.05, 0.1) is 6.04 Å². The van der Waals surface area contributed by atoms with Crippen molar-refractivity contribution < 1.29 is 0 Å². The van der Waals surface area contributed by atoms with E-state index >= 15 is 0 Å². The van der Waals surface area contributed by atoms with Crippen molar-refractivity contribution in [2.24, 2.45) is 0 Å². The minimum Gasteiger partial charge on any atom is -0.399 e. The lowest BCUT2D eigenvalue weighted by Gasteiger charge is -2.20. The van der Waals surface area contributed by atoms with Crippen LogP contribution in [-0.2, 0) is 0 Å². The summed E-state index contributed by atoms with van der Waals surface area (Å²) in [5.41, 5.74) is 13.9. The molecular weight excluding hydrogens is 264 g/mol. The molecule has 0 radical (unpaired) electrons. The lowest BCUT2D eigenvalue weighted by atomic mass is 9.96. The summed E-state index contributed by atoms with van der Waals surface area (Å²) in [6, 6.07) is 5.87. The fraction of sp³-hybridized carbons (Fsp3) is 0.533. The second-order valence-electron chi connectivity index (χ2n) is 5.83. The number of nitrogens with two attached hydrogens (primary N) is 2. The van der Waals surface area contributed by atoms with E-state index in [0.29, 0.717) is 17.4 Å². The smallest absolute Gasteiger partial charge is 0.182 e. The molecule has 6 nitrogen and oxygen atoms in total. The minimum absolute atomic E-state index is 0.373. The minimum atomic E-state index is 0.373. The summed E-state index contributed by atoms with van der Waals surface area (Å²) in [6.07, 6.45) is 8.71. The molecule has 0 atom stereocenters. The Morgan fingerprint density at radius 3 is 2.19 bits per heavy atom. The van der Waals surface area contributed by atoms with Gasteiger partial charge in [-0.25, -0.2) is 4.68 Å². The van der Waals surface area contributed by atoms with E-state index in [1.165, 1.54) is 32.1 Å². The topological polar surface area (TPSA) is 95.6 Å². The van der Waals surface area contributed by atoms with Gasteiger partial charge < -0.3 is 11.5 Å². The maximum absolute atomic E-state index is 5.88. The molecule has 0 unspecified atom stereocenters. The van der Waals surface area contributed by atoms with Crippen molar-refractivity contribution in [3.8, 4) is 11.4 Å². The van der Waals surface area contributed by atoms with Crippen molar-refractivity contribution in [3.63, 3.8) is 0 Å². The molecular formula is C15H22N6. The molecule has 1 aliphatic rings. The second-order valence-corrected chi connectivity index (χ2v) is 5.83. The van der Waals surface area contributed by atoms with Crippen LogP contribution in [0.1, 0.15) is 51.0 Å². The van der Waals surface area contributed by atoms with Crippen molar-refractivity contribution in [2.75, 3.05) is 11.5 Å². The Hall–Kier alpha value is -2.11. The van der Waals surface area contributed by atoms with E-state index in [2.05, 4.69) is 15.5 Å². The maximum atomic E-state index is 5.88. The molecule has 0 amide bonds. The van der Waals surface area contributed by atoms with Crippen molar-refractivity contribution in [1.29, 1.82) is 0 Å². The van der Waals surface area contributed by atoms with Gasteiger partial charge >= 0.3 is 0 Å². The van der Waals surface area contributed by atoms with Gasteiger partial charge in [0.2, 0.25) is 0 Å². The highest BCUT2D eigenvalue weighted by atomic mass is 15.5. The van der Waals surface area contributed by atoms with Gasteiger partial charge in [-0.1, -0.05) is 32.1 Å². The third-order valence-electron chi connectivity index (χ3n) is 4.15. The Kier molecular flexibility index (Phi) is 4.03. The highest BCUT2D eigenvalue weighted by Crippen LogP contribution is 2.30. The molecule has 112 valence electrons. The Bertz CT molecular complexity index is 578. The summed E-state index contributed by atoms with van der Waals surface area (Å²) < 4.78 is 1.96. The van der Waals surface area contributed by atoms with Crippen LogP contribution in [0.3, 0.4) is 0 Å². The Labute approximate surface area is 124 Å². The quantitative estimate of drug-likeness (QED) is 0.828. The van der Waals surface area contributed by atoms with Crippen LogP contribution >= 0.6 is 0 Å². The maximum Gasteiger partial charge on any atom is 0.182 e. The third-order valence-corrected chi connectivity index (χ3v) is 4.15. The SMILES string of the molecule is Nc1cc(N)cc(-c2nnnn2C2CCCCCCC2)c1. The van der Waals surface area contributed by atoms with Crippen LogP contribution in [0.2, 0.25) is 0 Å². The monoisotopic (exact) mass is 286 g/mol. The van der Waals surface area contributed by atoms with Gasteiger partial charge in [-0.05, 0) is 41.5 Å². The number of rotatable bonds is 2. The summed E-state index contributed by atoms with van der Waals surface area (Å²) >= 11 is 0. The number of benzene rings is 1. The van der Waals surface area contributed by atoms with Gasteiger partial charge in [0.15, 0.2) is 5.82 Å². The summed E-state index contributed by atoms with van der Waals surface area (Å²) in [7, 11) is 0. The first kappa shape index (κ1) is 13.9. The Morgan fingerprint density at radius 1 is 0.905 bits per heavy atom. The molecule has 0 aliphatic heterocycles. The molecule has 1 fully saturated rings. The average molecular weight is 286 g/mol. The van der Waals surface area contributed by atoms with E-state index < -0.39 is 0 Å². The molecule has 1 saturated carbocycles. The first-order valence-corrected chi connectivity index (χ1v) is 7.68. The summed E-state index contributed by atoms with van der Waals surface area (Å²) in [5.74, 6) is 0.763. The fourth-order valence-electron chi connectivity index (χ4n) is 3.11. The lowest BCUT2D eigenvalue weighted by molar-refractivity contribution is 0.345. The van der Waals surface area contributed by atoms with Gasteiger partial charge in [0, 0.05) is 16.9 Å². The van der Waals surface area contributed by atoms with Crippen LogP contribution in [-0.4, -0.2) is 20.2 Å². The fourth-order valence-corrected chi connectivity index (χ4v) is 3.11. The zero-order valence-corrected chi connectivity index (χ0v) is 12.2. The summed E-state index contributed by atoms with van der Waals surface area (Å²) in [5, 5.41) is 12.3. The van der Waals surface area contributed by atoms with Crippen molar-refractivity contribution in [1.82, 2.24) is 20.2 Å². The van der Waals surface area contributed by atoms with Crippen LogP contribution in [0, 0.1) is 0 Å². The molecule has 0 spiro atoms. The van der Waals surface area contributed by atoms with Gasteiger partial charge in [-0.3, -0.25) is 0 Å². The average Bonchev–Trinajstić information content (AvgIpc) is 2.86. The summed E-state index contributed by atoms with van der Waals surface area (Å²) in [4.78, 5) is 0. The number of hydrogen-bond acceptors (Lipinski definition) is 5. The van der Waals surface area contributed by atoms with Crippen molar-refractivity contribution in [2.45, 2.75) is 51.0 Å². The zero-order chi connectivity index (χ0) is 14.7. The van der Waals surface area contributed by atoms with E-state index in [-0.39, 0.29) is 0 Å². The van der Waals surface area contributed by atoms with Gasteiger partial charge in [0.25, 0.3) is 0 Å². The van der Waals surface area contributed by atoms with Crippen LogP contribution < -0.4 is 11.5 Å². The Balaban J connectivity index is 1.92. The predicted octanol–water partition coefficient (Wildman–Crippen LogP) is 2.79. The largest absolute Gasteiger partial charge is 0.399 e. The van der Waals surface area contributed by atoms with Crippen LogP contribution in [0.25, 0.3) is 11.4 Å². The first-order chi connectivity index (χ1) is 10.2. The number of hydrogen-bond donors (Lipinski definition) is 2. The highest BCUT2D eigenvalue weighted by Gasteiger charge is 2.19. The number of nitrogen functional groups attached to an aromatic ring is 2. The van der Waals surface area contributed by atoms with Gasteiger partial charge in [-0.2, -0.15) is 0 Å². The van der Waals surface area contributed by atoms with Crippen LogP contribution in [0.4, 0.5) is 11.4 Å². The molecule has 1 aromatic carbocycles. The zero-order valence-electron chi connectivity index (χ0n) is 12.2. The second kappa shape index (κ2) is 6.11. The molecule has 4 N–H and O–H groups in total. The standard InChI is InChI=1S/C15H22N6/c16-12-8-11(9-13(17)10-12)15-18-19-20-21(15)14-6-4-2-1-3-5-7-14/h8-10,14H,1-7,16-17H2. The van der Waals surface area contributed by atoms with E-state index in [1.54, 1.807) is 6.07 Å². The molecule has 2 aromatic rings. The van der Waals surface area contributed by atoms with Crippen molar-refractivity contribution in [3.05, 3.63) is 18.2 Å². The Morgan fingerprint density at radius 2 is 1.52 bits per heavy atom. The van der Waals surface area contributed by atoms with Gasteiger partial charge in [0.1, 0.15) is 0 Å².